The summed E-state index contributed by atoms with van der Waals surface area (Å²) in [4.78, 5) is 45.3. The molecule has 4 aromatic heterocycles. The number of aliphatic hydroxyl groups excluding tert-OH is 3. The Labute approximate surface area is 239 Å². The second-order valence-electron chi connectivity index (χ2n) is 9.89. The summed E-state index contributed by atoms with van der Waals surface area (Å²) in [5, 5.41) is 30.7. The van der Waals surface area contributed by atoms with Gasteiger partial charge in [0, 0.05) is 6.61 Å². The molecule has 9 atom stereocenters. The van der Waals surface area contributed by atoms with Crippen LogP contribution >= 0.6 is 7.82 Å². The Morgan fingerprint density at radius 3 is 2.44 bits per heavy atom. The van der Waals surface area contributed by atoms with Crippen molar-refractivity contribution in [2.45, 2.75) is 55.4 Å². The number of phosphoric ester groups is 1. The Morgan fingerprint density at radius 2 is 1.70 bits per heavy atom. The lowest BCUT2D eigenvalue weighted by Gasteiger charge is -2.25. The van der Waals surface area contributed by atoms with Crippen molar-refractivity contribution in [1.82, 2.24) is 39.0 Å². The summed E-state index contributed by atoms with van der Waals surface area (Å²) in [6.07, 6.45) is -5.24. The minimum absolute atomic E-state index is 0.00745. The van der Waals surface area contributed by atoms with E-state index >= 15 is 0 Å². The number of aromatic nitrogens is 8. The maximum absolute atomic E-state index is 13.1. The van der Waals surface area contributed by atoms with Gasteiger partial charge in [-0.15, -0.1) is 0 Å². The average Bonchev–Trinajstić information content (AvgIpc) is 3.71. The summed E-state index contributed by atoms with van der Waals surface area (Å²) in [5.41, 5.74) is 17.5. The third kappa shape index (κ3) is 5.25. The first-order valence-corrected chi connectivity index (χ1v) is 14.3. The monoisotopic (exact) mass is 625 g/mol. The minimum atomic E-state index is -4.97. The van der Waals surface area contributed by atoms with Crippen LogP contribution in [0.1, 0.15) is 18.9 Å². The van der Waals surface area contributed by atoms with Crippen molar-refractivity contribution in [2.75, 3.05) is 24.7 Å². The Kier molecular flexibility index (Phi) is 7.62. The molecule has 232 valence electrons. The minimum Gasteiger partial charge on any atom is -0.396 e. The van der Waals surface area contributed by atoms with E-state index in [-0.39, 0.29) is 47.1 Å². The highest BCUT2D eigenvalue weighted by molar-refractivity contribution is 7.47. The summed E-state index contributed by atoms with van der Waals surface area (Å²) < 4.78 is 38.0. The molecule has 21 nitrogen and oxygen atoms in total. The van der Waals surface area contributed by atoms with Crippen molar-refractivity contribution >= 4 is 41.9 Å². The molecule has 2 fully saturated rings. The van der Waals surface area contributed by atoms with Crippen LogP contribution in [0.4, 0.5) is 11.8 Å². The topological polar surface area (TPSA) is 320 Å². The number of aliphatic hydroxyl groups is 3. The summed E-state index contributed by atoms with van der Waals surface area (Å²) >= 11 is 0. The fourth-order valence-corrected chi connectivity index (χ4v) is 6.07. The molecular weight excluding hydrogens is 597 g/mol. The molecule has 1 unspecified atom stereocenters. The largest absolute Gasteiger partial charge is 0.472 e. The lowest BCUT2D eigenvalue weighted by molar-refractivity contribution is -0.0594. The standard InChI is InChI=1S/C21H28N11O10P/c22-9-7(1-2-33)40-20(32-6-28-11-17(32)29-21(24)30-18(11)36)14(9)42-43(37,38)39-3-8-12(34)13(35)19(41-8)31-5-27-10-15(23)25-4-26-16(10)31/h4-9,12-14,19-20,33-35H,1-3,22H2,(H,37,38)(H2,23,25,26)(H3,24,29,30,36)/t7-,8-,9-,12-,13-,14-,19-,20-/m1/s1. The molecule has 6 rings (SSSR count). The number of nitrogens with two attached hydrogens (primary N) is 3. The zero-order chi connectivity index (χ0) is 30.6. The summed E-state index contributed by atoms with van der Waals surface area (Å²) in [6, 6.07) is -1.05. The van der Waals surface area contributed by atoms with Gasteiger partial charge < -0.3 is 46.9 Å². The SMILES string of the molecule is Nc1nc2c(ncn2[C@@H]2O[C@H](CCO)[C@@H](N)[C@H]2OP(=O)(O)OC[C@H]2O[C@@H](n3cnc4c(N)ncnc43)[C@H](O)[C@@H]2O)c(=O)[nH]1. The van der Waals surface area contributed by atoms with Crippen LogP contribution in [-0.2, 0) is 23.1 Å². The van der Waals surface area contributed by atoms with Gasteiger partial charge in [-0.3, -0.25) is 28.0 Å². The number of nitrogens with zero attached hydrogens (tertiary/aromatic N) is 7. The van der Waals surface area contributed by atoms with Crippen molar-refractivity contribution in [3.05, 3.63) is 29.3 Å². The van der Waals surface area contributed by atoms with E-state index in [0.29, 0.717) is 0 Å². The van der Waals surface area contributed by atoms with E-state index in [2.05, 4.69) is 29.9 Å². The number of aromatic amines is 1. The number of nitrogens with one attached hydrogen (secondary N) is 1. The smallest absolute Gasteiger partial charge is 0.396 e. The predicted molar refractivity (Wildman–Crippen MR) is 142 cm³/mol. The maximum atomic E-state index is 13.1. The highest BCUT2D eigenvalue weighted by Gasteiger charge is 2.49. The normalized spacial score (nSPS) is 30.8. The molecule has 0 saturated carbocycles. The Balaban J connectivity index is 1.19. The van der Waals surface area contributed by atoms with E-state index in [0.717, 1.165) is 0 Å². The molecule has 0 spiro atoms. The van der Waals surface area contributed by atoms with Crippen molar-refractivity contribution in [1.29, 1.82) is 0 Å². The first kappa shape index (κ1) is 29.4. The number of rotatable bonds is 9. The fourth-order valence-electron chi connectivity index (χ4n) is 5.12. The molecule has 0 radical (unpaired) electrons. The third-order valence-electron chi connectivity index (χ3n) is 7.20. The molecule has 4 aromatic rings. The maximum Gasteiger partial charge on any atom is 0.472 e. The molecule has 22 heteroatoms. The number of hydrogen-bond donors (Lipinski definition) is 8. The molecule has 0 amide bonds. The van der Waals surface area contributed by atoms with E-state index < -0.39 is 69.0 Å². The van der Waals surface area contributed by atoms with Crippen LogP contribution in [0, 0.1) is 0 Å². The van der Waals surface area contributed by atoms with Crippen molar-refractivity contribution in [2.24, 2.45) is 5.73 Å². The molecule has 2 aliphatic rings. The van der Waals surface area contributed by atoms with Crippen LogP contribution in [0.3, 0.4) is 0 Å². The predicted octanol–water partition coefficient (Wildman–Crippen LogP) is -3.15. The van der Waals surface area contributed by atoms with E-state index in [1.165, 1.54) is 28.1 Å². The fraction of sp³-hybridized carbons (Fsp3) is 0.524. The van der Waals surface area contributed by atoms with E-state index in [9.17, 15) is 29.6 Å². The highest BCUT2D eigenvalue weighted by atomic mass is 31.2. The molecular formula is C21H28N11O10P. The van der Waals surface area contributed by atoms with Crippen molar-refractivity contribution < 1.29 is 43.3 Å². The number of ether oxygens (including phenoxy) is 2. The second kappa shape index (κ2) is 11.1. The number of nitrogen functional groups attached to an aromatic ring is 2. The van der Waals surface area contributed by atoms with Crippen LogP contribution in [0.15, 0.2) is 23.8 Å². The lowest BCUT2D eigenvalue weighted by Crippen LogP contribution is -2.41. The second-order valence-corrected chi connectivity index (χ2v) is 11.3. The van der Waals surface area contributed by atoms with Gasteiger partial charge in [0.15, 0.2) is 35.1 Å². The van der Waals surface area contributed by atoms with E-state index in [1.807, 2.05) is 0 Å². The number of H-pyrrole nitrogens is 1. The van der Waals surface area contributed by atoms with Crippen molar-refractivity contribution in [3.8, 4) is 0 Å². The van der Waals surface area contributed by atoms with Gasteiger partial charge in [0.2, 0.25) is 5.95 Å². The number of anilines is 2. The Bertz CT molecular complexity index is 1750. The van der Waals surface area contributed by atoms with Crippen LogP contribution in [0.2, 0.25) is 0 Å². The van der Waals surface area contributed by atoms with Crippen LogP contribution < -0.4 is 22.8 Å². The van der Waals surface area contributed by atoms with Gasteiger partial charge in [-0.2, -0.15) is 4.98 Å². The number of phosphoric acid groups is 1. The van der Waals surface area contributed by atoms with Gasteiger partial charge in [-0.05, 0) is 6.42 Å². The molecule has 0 aromatic carbocycles. The molecule has 11 N–H and O–H groups in total. The van der Waals surface area contributed by atoms with Crippen LogP contribution in [-0.4, -0.2) is 109 Å². The van der Waals surface area contributed by atoms with Gasteiger partial charge in [0.05, 0.1) is 31.4 Å². The molecule has 2 saturated heterocycles. The van der Waals surface area contributed by atoms with Crippen molar-refractivity contribution in [3.63, 3.8) is 0 Å². The van der Waals surface area contributed by atoms with Gasteiger partial charge in [0.1, 0.15) is 36.3 Å². The number of hydrogen-bond acceptors (Lipinski definition) is 17. The summed E-state index contributed by atoms with van der Waals surface area (Å²) in [6.45, 7) is -1.01. The first-order valence-electron chi connectivity index (χ1n) is 12.8. The molecule has 0 aliphatic carbocycles. The zero-order valence-electron chi connectivity index (χ0n) is 22.0. The molecule has 43 heavy (non-hydrogen) atoms. The Hall–Kier alpha value is -3.63. The first-order chi connectivity index (χ1) is 20.5. The summed E-state index contributed by atoms with van der Waals surface area (Å²) in [7, 11) is -4.97. The zero-order valence-corrected chi connectivity index (χ0v) is 22.9. The van der Waals surface area contributed by atoms with Gasteiger partial charge in [0.25, 0.3) is 5.56 Å². The highest BCUT2D eigenvalue weighted by Crippen LogP contribution is 2.50. The van der Waals surface area contributed by atoms with E-state index in [1.54, 1.807) is 0 Å². The number of imidazole rings is 2. The molecule has 2 aliphatic heterocycles. The quantitative estimate of drug-likeness (QED) is 0.0851. The van der Waals surface area contributed by atoms with Gasteiger partial charge >= 0.3 is 7.82 Å². The van der Waals surface area contributed by atoms with Crippen LogP contribution in [0.25, 0.3) is 22.3 Å². The average molecular weight is 625 g/mol. The molecule has 0 bridgehead atoms. The summed E-state index contributed by atoms with van der Waals surface area (Å²) in [5.74, 6) is -0.115. The van der Waals surface area contributed by atoms with Gasteiger partial charge in [-0.25, -0.2) is 24.5 Å². The van der Waals surface area contributed by atoms with Crippen LogP contribution in [0.5, 0.6) is 0 Å². The Morgan fingerprint density at radius 1 is 1.00 bits per heavy atom. The molecule has 6 heterocycles. The van der Waals surface area contributed by atoms with Gasteiger partial charge in [-0.1, -0.05) is 0 Å². The lowest BCUT2D eigenvalue weighted by atomic mass is 10.1. The van der Waals surface area contributed by atoms with E-state index in [4.69, 9.17) is 35.7 Å². The number of fused-ring (bicyclic) bond motifs is 2. The third-order valence-corrected chi connectivity index (χ3v) is 8.18.